The Bertz CT molecular complexity index is 1920. The molecule has 0 aliphatic rings. The van der Waals surface area contributed by atoms with Crippen LogP contribution < -0.4 is 31.2 Å². The van der Waals surface area contributed by atoms with Gasteiger partial charge in [-0.15, -0.1) is 0 Å². The maximum atomic E-state index is 13.7. The summed E-state index contributed by atoms with van der Waals surface area (Å²) in [5.41, 5.74) is 8.16. The fourth-order valence-electron chi connectivity index (χ4n) is 5.19. The van der Waals surface area contributed by atoms with Crippen molar-refractivity contribution < 1.29 is 42.9 Å². The van der Waals surface area contributed by atoms with E-state index in [1.54, 1.807) is 92.6 Å². The van der Waals surface area contributed by atoms with Gasteiger partial charge < -0.3 is 45.4 Å². The monoisotopic (exact) mass is 789 g/mol. The number of benzene rings is 3. The first kappa shape index (κ1) is 45.6. The van der Waals surface area contributed by atoms with E-state index in [9.17, 15) is 19.2 Å². The number of hydrogen-bond donors (Lipinski definition) is 4. The van der Waals surface area contributed by atoms with Crippen LogP contribution in [0.5, 0.6) is 11.5 Å². The first-order chi connectivity index (χ1) is 26.4. The van der Waals surface area contributed by atoms with Crippen molar-refractivity contribution in [3.63, 3.8) is 0 Å². The zero-order valence-corrected chi connectivity index (χ0v) is 35.3. The number of nitrogens with two attached hydrogens (primary N) is 1. The van der Waals surface area contributed by atoms with Crippen LogP contribution in [0.4, 0.5) is 21.0 Å². The van der Waals surface area contributed by atoms with Gasteiger partial charge >= 0.3 is 18.2 Å². The zero-order valence-electron chi connectivity index (χ0n) is 35.3. The van der Waals surface area contributed by atoms with E-state index in [4.69, 9.17) is 29.4 Å². The quantitative estimate of drug-likeness (QED) is 0.0535. The van der Waals surface area contributed by atoms with Gasteiger partial charge in [0, 0.05) is 35.6 Å². The van der Waals surface area contributed by atoms with Crippen LogP contribution in [0.15, 0.2) is 59.6 Å². The number of rotatable bonds is 14. The SMILES string of the molecule is Cc1ccc(NCc2cc(CCNC(=O)OC(C)(C)C)cc(OC(C)C)c2OCC(=O)OC(C)(C)C)c(C(=O)Nc2ccc(/C(N)=N/C(=O)OC(C)(C)C)cc2)c1. The molecule has 0 saturated carbocycles. The van der Waals surface area contributed by atoms with Crippen molar-refractivity contribution in [1.82, 2.24) is 5.32 Å². The van der Waals surface area contributed by atoms with E-state index in [1.807, 2.05) is 45.0 Å². The van der Waals surface area contributed by atoms with Crippen LogP contribution in [-0.4, -0.2) is 66.0 Å². The molecule has 3 amide bonds. The van der Waals surface area contributed by atoms with Crippen LogP contribution in [0.3, 0.4) is 0 Å². The number of amides is 3. The summed E-state index contributed by atoms with van der Waals surface area (Å²) in [6.45, 7) is 21.6. The van der Waals surface area contributed by atoms with Gasteiger partial charge in [0.2, 0.25) is 0 Å². The van der Waals surface area contributed by atoms with Crippen molar-refractivity contribution in [2.24, 2.45) is 10.7 Å². The number of carbonyl (C=O) groups is 4. The third kappa shape index (κ3) is 16.5. The number of nitrogens with zero attached hydrogens (tertiary/aromatic N) is 1. The molecule has 310 valence electrons. The largest absolute Gasteiger partial charge is 0.487 e. The number of carbonyl (C=O) groups excluding carboxylic acids is 4. The molecule has 0 fully saturated rings. The average Bonchev–Trinajstić information content (AvgIpc) is 3.04. The third-order valence-corrected chi connectivity index (χ3v) is 7.32. The third-order valence-electron chi connectivity index (χ3n) is 7.32. The molecule has 0 aliphatic carbocycles. The Balaban J connectivity index is 1.91. The topological polar surface area (TPSA) is 189 Å². The number of aryl methyl sites for hydroxylation is 1. The Kier molecular flexibility index (Phi) is 15.5. The summed E-state index contributed by atoms with van der Waals surface area (Å²) in [4.78, 5) is 54.7. The number of anilines is 2. The number of amidine groups is 1. The molecule has 0 aliphatic heterocycles. The molecule has 3 rings (SSSR count). The highest BCUT2D eigenvalue weighted by Crippen LogP contribution is 2.35. The Morgan fingerprint density at radius 3 is 2.04 bits per heavy atom. The maximum absolute atomic E-state index is 13.7. The minimum atomic E-state index is -0.802. The minimum Gasteiger partial charge on any atom is -0.487 e. The number of nitrogens with one attached hydrogen (secondary N) is 3. The summed E-state index contributed by atoms with van der Waals surface area (Å²) >= 11 is 0. The second-order valence-corrected chi connectivity index (χ2v) is 16.7. The number of ether oxygens (including phenoxy) is 5. The van der Waals surface area contributed by atoms with Gasteiger partial charge in [-0.05, 0) is 144 Å². The fourth-order valence-corrected chi connectivity index (χ4v) is 5.19. The molecule has 5 N–H and O–H groups in total. The molecular formula is C43H59N5O9. The summed E-state index contributed by atoms with van der Waals surface area (Å²) in [6, 6.07) is 15.8. The van der Waals surface area contributed by atoms with Crippen LogP contribution in [0.2, 0.25) is 0 Å². The molecule has 0 heterocycles. The van der Waals surface area contributed by atoms with E-state index in [-0.39, 0.29) is 37.5 Å². The molecule has 0 atom stereocenters. The Hall–Kier alpha value is -5.79. The predicted octanol–water partition coefficient (Wildman–Crippen LogP) is 8.07. The van der Waals surface area contributed by atoms with Crippen LogP contribution in [0, 0.1) is 6.92 Å². The Morgan fingerprint density at radius 1 is 0.807 bits per heavy atom. The summed E-state index contributed by atoms with van der Waals surface area (Å²) in [6.07, 6.45) is -1.13. The first-order valence-corrected chi connectivity index (χ1v) is 18.8. The van der Waals surface area contributed by atoms with Crippen LogP contribution in [0.1, 0.15) is 109 Å². The van der Waals surface area contributed by atoms with E-state index >= 15 is 0 Å². The van der Waals surface area contributed by atoms with Gasteiger partial charge in [0.1, 0.15) is 22.6 Å². The molecule has 14 heteroatoms. The highest BCUT2D eigenvalue weighted by molar-refractivity contribution is 6.08. The van der Waals surface area contributed by atoms with Crippen molar-refractivity contribution in [1.29, 1.82) is 0 Å². The summed E-state index contributed by atoms with van der Waals surface area (Å²) < 4.78 is 28.4. The smallest absolute Gasteiger partial charge is 0.436 e. The van der Waals surface area contributed by atoms with Gasteiger partial charge in [-0.3, -0.25) is 4.79 Å². The van der Waals surface area contributed by atoms with Crippen molar-refractivity contribution in [3.8, 4) is 11.5 Å². The van der Waals surface area contributed by atoms with Gasteiger partial charge in [0.15, 0.2) is 18.1 Å². The first-order valence-electron chi connectivity index (χ1n) is 18.8. The summed E-state index contributed by atoms with van der Waals surface area (Å²) in [5, 5.41) is 9.08. The number of alkyl carbamates (subject to hydrolysis) is 1. The van der Waals surface area contributed by atoms with Gasteiger partial charge in [-0.1, -0.05) is 11.6 Å². The molecule has 0 unspecified atom stereocenters. The lowest BCUT2D eigenvalue weighted by atomic mass is 10.0. The van der Waals surface area contributed by atoms with Crippen molar-refractivity contribution in [2.45, 2.75) is 119 Å². The summed E-state index contributed by atoms with van der Waals surface area (Å²) in [5.74, 6) is -0.212. The second kappa shape index (κ2) is 19.4. The lowest BCUT2D eigenvalue weighted by Crippen LogP contribution is -2.33. The number of hydrogen-bond acceptors (Lipinski definition) is 10. The van der Waals surface area contributed by atoms with E-state index in [1.165, 1.54) is 0 Å². The highest BCUT2D eigenvalue weighted by atomic mass is 16.6. The molecule has 0 radical (unpaired) electrons. The normalized spacial score (nSPS) is 12.1. The molecular weight excluding hydrogens is 730 g/mol. The van der Waals surface area contributed by atoms with Crippen molar-refractivity contribution in [2.75, 3.05) is 23.8 Å². The fraction of sp³-hybridized carbons (Fsp3) is 0.465. The second-order valence-electron chi connectivity index (χ2n) is 16.7. The lowest BCUT2D eigenvalue weighted by molar-refractivity contribution is -0.157. The number of esters is 1. The van der Waals surface area contributed by atoms with E-state index in [0.29, 0.717) is 46.0 Å². The van der Waals surface area contributed by atoms with E-state index in [2.05, 4.69) is 20.9 Å². The average molecular weight is 790 g/mol. The Labute approximate surface area is 336 Å². The van der Waals surface area contributed by atoms with Crippen LogP contribution in [0.25, 0.3) is 0 Å². The minimum absolute atomic E-state index is 0.0212. The van der Waals surface area contributed by atoms with Gasteiger partial charge in [-0.25, -0.2) is 14.4 Å². The van der Waals surface area contributed by atoms with Gasteiger partial charge in [0.25, 0.3) is 5.91 Å². The van der Waals surface area contributed by atoms with E-state index < -0.39 is 35.0 Å². The van der Waals surface area contributed by atoms with Gasteiger partial charge in [-0.2, -0.15) is 4.99 Å². The molecule has 0 aromatic heterocycles. The molecule has 0 spiro atoms. The Morgan fingerprint density at radius 2 is 1.44 bits per heavy atom. The van der Waals surface area contributed by atoms with Crippen molar-refractivity contribution in [3.05, 3.63) is 82.4 Å². The predicted molar refractivity (Wildman–Crippen MR) is 221 cm³/mol. The number of aliphatic imine (C=N–C) groups is 1. The zero-order chi connectivity index (χ0) is 42.7. The van der Waals surface area contributed by atoms with Crippen molar-refractivity contribution >= 4 is 41.3 Å². The van der Waals surface area contributed by atoms with E-state index in [0.717, 1.165) is 11.1 Å². The molecule has 14 nitrogen and oxygen atoms in total. The molecule has 0 bridgehead atoms. The summed E-state index contributed by atoms with van der Waals surface area (Å²) in [7, 11) is 0. The highest BCUT2D eigenvalue weighted by Gasteiger charge is 2.22. The lowest BCUT2D eigenvalue weighted by Gasteiger charge is -2.23. The van der Waals surface area contributed by atoms with Crippen LogP contribution in [-0.2, 0) is 32.0 Å². The molecule has 0 saturated heterocycles. The van der Waals surface area contributed by atoms with Crippen LogP contribution >= 0.6 is 0 Å². The molecule has 57 heavy (non-hydrogen) atoms. The van der Waals surface area contributed by atoms with Gasteiger partial charge in [0.05, 0.1) is 11.7 Å². The molecule has 3 aromatic rings. The maximum Gasteiger partial charge on any atom is 0.436 e. The standard InChI is InChI=1S/C43H59N5O9/c1-26(2)54-34-23-28(19-20-45-39(51)56-42(7,8)9)22-30(36(34)53-25-35(49)55-41(4,5)6)24-46-33-18-13-27(3)21-32(33)38(50)47-31-16-14-29(15-17-31)37(44)48-40(52)57-43(10,11)12/h13-18,21-23,26,46H,19-20,24-25H2,1-12H3,(H,45,51)(H,47,50)(H2,44,48,52). The molecule has 3 aromatic carbocycles.